The molecule has 0 aromatic carbocycles. The van der Waals surface area contributed by atoms with E-state index in [4.69, 9.17) is 0 Å². The fourth-order valence-electron chi connectivity index (χ4n) is 4.07. The minimum atomic E-state index is -1.10. The molecule has 0 radical (unpaired) electrons. The number of hydrogen-bond acceptors (Lipinski definition) is 3. The van der Waals surface area contributed by atoms with Crippen LogP contribution in [0.4, 0.5) is 0 Å². The standard InChI is InChI=1S/C28H54N2O3/c1-7-9-10-11-12-13-14-15-16-17-18-19-20-21-22-24-26(31)29-25(23-8-2)30(5,6)28(3,4)27(32)33/h15-16,25H,7-14,17-24H2,1-6H3,(H-,29,31,32,33)/b16-15-. The number of nitrogens with one attached hydrogen (secondary N) is 1. The molecule has 0 aromatic rings. The highest BCUT2D eigenvalue weighted by Gasteiger charge is 2.44. The van der Waals surface area contributed by atoms with E-state index >= 15 is 0 Å². The number of rotatable bonds is 21. The van der Waals surface area contributed by atoms with Crippen LogP contribution in [-0.2, 0) is 9.59 Å². The highest BCUT2D eigenvalue weighted by atomic mass is 16.4. The molecule has 0 aliphatic carbocycles. The molecular weight excluding hydrogens is 412 g/mol. The Morgan fingerprint density at radius 2 is 1.30 bits per heavy atom. The molecule has 0 rings (SSSR count). The second-order valence-electron chi connectivity index (χ2n) is 10.6. The van der Waals surface area contributed by atoms with Crippen molar-refractivity contribution in [3.8, 4) is 0 Å². The minimum absolute atomic E-state index is 0.0198. The first-order chi connectivity index (χ1) is 15.6. The first-order valence-corrected chi connectivity index (χ1v) is 13.6. The minimum Gasteiger partial charge on any atom is -0.544 e. The van der Waals surface area contributed by atoms with E-state index < -0.39 is 11.5 Å². The number of allylic oxidation sites excluding steroid dienone is 2. The van der Waals surface area contributed by atoms with Gasteiger partial charge in [-0.3, -0.25) is 9.28 Å². The summed E-state index contributed by atoms with van der Waals surface area (Å²) >= 11 is 0. The number of nitrogens with zero attached hydrogens (tertiary/aromatic N) is 1. The van der Waals surface area contributed by atoms with E-state index in [9.17, 15) is 14.7 Å². The molecule has 0 heterocycles. The van der Waals surface area contributed by atoms with Gasteiger partial charge >= 0.3 is 0 Å². The van der Waals surface area contributed by atoms with Crippen molar-refractivity contribution in [3.05, 3.63) is 12.2 Å². The first kappa shape index (κ1) is 31.6. The topological polar surface area (TPSA) is 69.2 Å². The predicted molar refractivity (Wildman–Crippen MR) is 137 cm³/mol. The maximum atomic E-state index is 12.5. The van der Waals surface area contributed by atoms with Gasteiger partial charge in [0.05, 0.1) is 14.1 Å². The molecule has 0 aliphatic heterocycles. The molecule has 194 valence electrons. The maximum Gasteiger partial charge on any atom is 0.224 e. The lowest BCUT2D eigenvalue weighted by atomic mass is 9.98. The van der Waals surface area contributed by atoms with Crippen molar-refractivity contribution in [2.45, 2.75) is 142 Å². The summed E-state index contributed by atoms with van der Waals surface area (Å²) in [6.07, 6.45) is 22.6. The summed E-state index contributed by atoms with van der Waals surface area (Å²) in [5, 5.41) is 14.7. The summed E-state index contributed by atoms with van der Waals surface area (Å²) in [7, 11) is 3.72. The summed E-state index contributed by atoms with van der Waals surface area (Å²) < 4.78 is 0.168. The molecule has 33 heavy (non-hydrogen) atoms. The number of hydrogen-bond donors (Lipinski definition) is 1. The number of likely N-dealkylation sites (N-methyl/N-ethyl adjacent to an activating group) is 1. The van der Waals surface area contributed by atoms with Gasteiger partial charge < -0.3 is 15.2 Å². The van der Waals surface area contributed by atoms with Crippen LogP contribution >= 0.6 is 0 Å². The van der Waals surface area contributed by atoms with Crippen LogP contribution in [0.1, 0.15) is 130 Å². The number of amides is 1. The van der Waals surface area contributed by atoms with Crippen LogP contribution in [-0.4, -0.2) is 42.2 Å². The zero-order valence-electron chi connectivity index (χ0n) is 22.7. The van der Waals surface area contributed by atoms with Gasteiger partial charge in [-0.15, -0.1) is 0 Å². The Hall–Kier alpha value is -1.36. The number of carbonyl (C=O) groups excluding carboxylic acids is 2. The van der Waals surface area contributed by atoms with Gasteiger partial charge in [0.2, 0.25) is 5.91 Å². The third-order valence-electron chi connectivity index (χ3n) is 7.27. The number of quaternary nitrogens is 1. The van der Waals surface area contributed by atoms with Gasteiger partial charge in [-0.25, -0.2) is 0 Å². The van der Waals surface area contributed by atoms with Gasteiger partial charge in [0.15, 0.2) is 6.17 Å². The summed E-state index contributed by atoms with van der Waals surface area (Å²) in [4.78, 5) is 24.2. The monoisotopic (exact) mass is 466 g/mol. The summed E-state index contributed by atoms with van der Waals surface area (Å²) in [6, 6.07) is 0. The second-order valence-corrected chi connectivity index (χ2v) is 10.6. The Morgan fingerprint density at radius 1 is 0.818 bits per heavy atom. The van der Waals surface area contributed by atoms with Crippen molar-refractivity contribution in [1.29, 1.82) is 0 Å². The van der Waals surface area contributed by atoms with Crippen LogP contribution in [0, 0.1) is 0 Å². The second kappa shape index (κ2) is 18.0. The summed E-state index contributed by atoms with van der Waals surface area (Å²) in [6.45, 7) is 7.64. The molecule has 0 saturated carbocycles. The van der Waals surface area contributed by atoms with Crippen LogP contribution in [0.3, 0.4) is 0 Å². The average Bonchev–Trinajstić information content (AvgIpc) is 2.75. The Kier molecular flexibility index (Phi) is 17.3. The molecule has 5 heteroatoms. The van der Waals surface area contributed by atoms with Crippen LogP contribution in [0.25, 0.3) is 0 Å². The zero-order chi connectivity index (χ0) is 25.2. The van der Waals surface area contributed by atoms with Gasteiger partial charge in [0.25, 0.3) is 0 Å². The summed E-state index contributed by atoms with van der Waals surface area (Å²) in [5.74, 6) is -1.08. The van der Waals surface area contributed by atoms with Crippen LogP contribution < -0.4 is 10.4 Å². The molecule has 0 aromatic heterocycles. The molecule has 1 unspecified atom stereocenters. The fourth-order valence-corrected chi connectivity index (χ4v) is 4.07. The number of carboxylic acids is 1. The zero-order valence-corrected chi connectivity index (χ0v) is 22.7. The highest BCUT2D eigenvalue weighted by molar-refractivity contribution is 5.76. The molecule has 1 atom stereocenters. The van der Waals surface area contributed by atoms with Gasteiger partial charge in [-0.1, -0.05) is 77.4 Å². The fraction of sp³-hybridized carbons (Fsp3) is 0.857. The lowest BCUT2D eigenvalue weighted by molar-refractivity contribution is -0.955. The van der Waals surface area contributed by atoms with E-state index in [0.29, 0.717) is 6.42 Å². The van der Waals surface area contributed by atoms with Gasteiger partial charge in [0.1, 0.15) is 11.5 Å². The van der Waals surface area contributed by atoms with Crippen molar-refractivity contribution in [2.24, 2.45) is 0 Å². The average molecular weight is 467 g/mol. The van der Waals surface area contributed by atoms with Gasteiger partial charge in [0, 0.05) is 12.8 Å². The van der Waals surface area contributed by atoms with Crippen molar-refractivity contribution in [3.63, 3.8) is 0 Å². The van der Waals surface area contributed by atoms with Crippen molar-refractivity contribution >= 4 is 11.9 Å². The third-order valence-corrected chi connectivity index (χ3v) is 7.27. The lowest BCUT2D eigenvalue weighted by Crippen LogP contribution is -2.71. The Morgan fingerprint density at radius 3 is 1.79 bits per heavy atom. The van der Waals surface area contributed by atoms with E-state index in [1.54, 1.807) is 13.8 Å². The largest absolute Gasteiger partial charge is 0.544 e. The molecular formula is C28H54N2O3. The number of unbranched alkanes of at least 4 members (excludes halogenated alkanes) is 11. The molecule has 0 fully saturated rings. The Labute approximate surface area is 205 Å². The summed E-state index contributed by atoms with van der Waals surface area (Å²) in [5.41, 5.74) is -1.09. The smallest absolute Gasteiger partial charge is 0.224 e. The molecule has 1 amide bonds. The Bertz CT molecular complexity index is 555. The van der Waals surface area contributed by atoms with E-state index in [1.807, 2.05) is 14.1 Å². The van der Waals surface area contributed by atoms with E-state index in [0.717, 1.165) is 38.5 Å². The van der Waals surface area contributed by atoms with Crippen molar-refractivity contribution < 1.29 is 19.2 Å². The number of carboxylic acid groups (broad SMARTS) is 1. The first-order valence-electron chi connectivity index (χ1n) is 13.6. The lowest BCUT2D eigenvalue weighted by Gasteiger charge is -2.49. The highest BCUT2D eigenvalue weighted by Crippen LogP contribution is 2.25. The Balaban J connectivity index is 3.99. The SMILES string of the molecule is CCCCCCCC/C=C\CCCCCCCC(=O)NC(CCC)[N+](C)(C)C(C)(C)C(=O)[O-]. The predicted octanol–water partition coefficient (Wildman–Crippen LogP) is 5.87. The van der Waals surface area contributed by atoms with Crippen LogP contribution in [0.5, 0.6) is 0 Å². The molecule has 0 saturated heterocycles. The molecule has 1 N–H and O–H groups in total. The maximum absolute atomic E-state index is 12.5. The van der Waals surface area contributed by atoms with Crippen molar-refractivity contribution in [2.75, 3.05) is 14.1 Å². The third kappa shape index (κ3) is 13.2. The molecule has 0 spiro atoms. The number of aliphatic carboxylic acids is 1. The van der Waals surface area contributed by atoms with E-state index in [-0.39, 0.29) is 16.6 Å². The number of carbonyl (C=O) groups is 2. The normalized spacial score (nSPS) is 13.4. The van der Waals surface area contributed by atoms with Crippen molar-refractivity contribution in [1.82, 2.24) is 5.32 Å². The molecule has 0 aliphatic rings. The van der Waals surface area contributed by atoms with Crippen LogP contribution in [0.2, 0.25) is 0 Å². The van der Waals surface area contributed by atoms with Gasteiger partial charge in [-0.2, -0.15) is 0 Å². The quantitative estimate of drug-likeness (QED) is 0.0995. The molecule has 0 bridgehead atoms. The van der Waals surface area contributed by atoms with Crippen LogP contribution in [0.15, 0.2) is 12.2 Å². The van der Waals surface area contributed by atoms with E-state index in [1.165, 1.54) is 57.8 Å². The van der Waals surface area contributed by atoms with E-state index in [2.05, 4.69) is 31.3 Å². The van der Waals surface area contributed by atoms with Gasteiger partial charge in [-0.05, 0) is 52.4 Å². The molecule has 5 nitrogen and oxygen atoms in total.